The summed E-state index contributed by atoms with van der Waals surface area (Å²) < 4.78 is 72.8. The lowest BCUT2D eigenvalue weighted by atomic mass is 10.0. The number of rotatable bonds is 5. The molecule has 7 nitrogen and oxygen atoms in total. The monoisotopic (exact) mass is 444 g/mol. The molecule has 30 heavy (non-hydrogen) atoms. The van der Waals surface area contributed by atoms with Crippen LogP contribution in [0.25, 0.3) is 0 Å². The smallest absolute Gasteiger partial charge is 0.425 e. The number of hydrogen-bond acceptors (Lipinski definition) is 6. The minimum atomic E-state index is -4.64. The van der Waals surface area contributed by atoms with Crippen molar-refractivity contribution in [2.24, 2.45) is 5.92 Å². The number of likely N-dealkylation sites (tertiary alicyclic amines) is 1. The summed E-state index contributed by atoms with van der Waals surface area (Å²) >= 11 is 0. The van der Waals surface area contributed by atoms with Crippen LogP contribution in [-0.4, -0.2) is 55.8 Å². The zero-order valence-electron chi connectivity index (χ0n) is 16.1. The summed E-state index contributed by atoms with van der Waals surface area (Å²) in [6, 6.07) is 3.29. The topological polar surface area (TPSA) is 89.7 Å². The van der Waals surface area contributed by atoms with E-state index in [1.54, 1.807) is 0 Å². The van der Waals surface area contributed by atoms with Crippen molar-refractivity contribution in [3.63, 3.8) is 0 Å². The van der Waals surface area contributed by atoms with E-state index in [-0.39, 0.29) is 27.5 Å². The third-order valence-electron chi connectivity index (χ3n) is 5.75. The first kappa shape index (κ1) is 20.7. The quantitative estimate of drug-likeness (QED) is 0.705. The molecule has 0 bridgehead atoms. The molecule has 162 valence electrons. The van der Waals surface area contributed by atoms with Gasteiger partial charge in [0, 0.05) is 24.8 Å². The number of hydrogen-bond donors (Lipinski definition) is 0. The molecule has 2 fully saturated rings. The van der Waals surface area contributed by atoms with E-state index in [1.165, 1.54) is 17.6 Å². The fraction of sp³-hybridized carbons (Fsp3) is 0.474. The zero-order valence-corrected chi connectivity index (χ0v) is 17.0. The molecule has 11 heteroatoms. The maximum absolute atomic E-state index is 13.2. The molecule has 1 aliphatic heterocycles. The Bertz CT molecular complexity index is 1080. The van der Waals surface area contributed by atoms with Crippen LogP contribution in [-0.2, 0) is 15.3 Å². The van der Waals surface area contributed by atoms with E-state index in [0.29, 0.717) is 13.1 Å². The molecule has 2 aliphatic rings. The Labute approximate surface area is 170 Å². The first-order chi connectivity index (χ1) is 13.9. The van der Waals surface area contributed by atoms with Gasteiger partial charge in [0.1, 0.15) is 12.0 Å². The van der Waals surface area contributed by atoms with Gasteiger partial charge < -0.3 is 14.1 Å². The molecule has 2 aromatic rings. The lowest BCUT2D eigenvalue weighted by Gasteiger charge is -2.24. The van der Waals surface area contributed by atoms with Crippen LogP contribution in [0.5, 0.6) is 5.75 Å². The molecule has 3 unspecified atom stereocenters. The van der Waals surface area contributed by atoms with Gasteiger partial charge in [-0.15, -0.1) is 0 Å². The number of alkyl halides is 3. The lowest BCUT2D eigenvalue weighted by molar-refractivity contribution is -0.189. The number of ether oxygens (including phenoxy) is 1. The van der Waals surface area contributed by atoms with E-state index in [4.69, 9.17) is 9.15 Å². The van der Waals surface area contributed by atoms with Crippen LogP contribution in [0.15, 0.2) is 40.2 Å². The molecule has 1 amide bonds. The van der Waals surface area contributed by atoms with E-state index in [2.05, 4.69) is 4.98 Å². The van der Waals surface area contributed by atoms with Crippen molar-refractivity contribution < 1.29 is 35.5 Å². The number of benzene rings is 1. The van der Waals surface area contributed by atoms with Gasteiger partial charge in [-0.3, -0.25) is 4.79 Å². The Balaban J connectivity index is 1.65. The van der Waals surface area contributed by atoms with Gasteiger partial charge in [0.25, 0.3) is 5.91 Å². The van der Waals surface area contributed by atoms with Gasteiger partial charge in [0.2, 0.25) is 0 Å². The Hall–Kier alpha value is -2.56. The molecule has 1 saturated carbocycles. The third-order valence-corrected chi connectivity index (χ3v) is 6.86. The van der Waals surface area contributed by atoms with Crippen molar-refractivity contribution in [1.82, 2.24) is 9.88 Å². The van der Waals surface area contributed by atoms with Gasteiger partial charge in [0.15, 0.2) is 22.3 Å². The zero-order chi connectivity index (χ0) is 21.9. The molecular weight excluding hydrogens is 425 g/mol. The van der Waals surface area contributed by atoms with Crippen molar-refractivity contribution in [1.29, 1.82) is 0 Å². The first-order valence-corrected chi connectivity index (χ1v) is 11.1. The highest BCUT2D eigenvalue weighted by atomic mass is 32.2. The highest BCUT2D eigenvalue weighted by Gasteiger charge is 2.63. The van der Waals surface area contributed by atoms with Crippen LogP contribution in [0.3, 0.4) is 0 Å². The molecule has 0 radical (unpaired) electrons. The Morgan fingerprint density at radius 3 is 2.73 bits per heavy atom. The molecule has 0 spiro atoms. The summed E-state index contributed by atoms with van der Waals surface area (Å²) in [5, 5.41) is 0. The van der Waals surface area contributed by atoms with Gasteiger partial charge >= 0.3 is 6.18 Å². The molecule has 1 aromatic heterocycles. The number of carbonyl (C=O) groups excluding carboxylic acids is 1. The Morgan fingerprint density at radius 1 is 1.40 bits per heavy atom. The number of amides is 1. The van der Waals surface area contributed by atoms with E-state index < -0.39 is 28.0 Å². The fourth-order valence-electron chi connectivity index (χ4n) is 3.93. The average Bonchev–Trinajstić information content (AvgIpc) is 3.03. The van der Waals surface area contributed by atoms with Crippen LogP contribution in [0.1, 0.15) is 29.4 Å². The fourth-order valence-corrected chi connectivity index (χ4v) is 4.58. The molecule has 4 rings (SSSR count). The second kappa shape index (κ2) is 6.73. The van der Waals surface area contributed by atoms with Crippen molar-refractivity contribution in [2.45, 2.75) is 35.9 Å². The number of nitrogens with zero attached hydrogens (tertiary/aromatic N) is 2. The predicted octanol–water partition coefficient (Wildman–Crippen LogP) is 2.82. The van der Waals surface area contributed by atoms with Crippen LogP contribution in [0.2, 0.25) is 0 Å². The van der Waals surface area contributed by atoms with Crippen molar-refractivity contribution in [3.05, 3.63) is 42.1 Å². The van der Waals surface area contributed by atoms with Gasteiger partial charge in [-0.25, -0.2) is 13.4 Å². The predicted molar refractivity (Wildman–Crippen MR) is 97.9 cm³/mol. The molecule has 3 atom stereocenters. The second-order valence-corrected chi connectivity index (χ2v) is 9.86. The minimum Gasteiger partial charge on any atom is -0.480 e. The maximum Gasteiger partial charge on any atom is 0.425 e. The van der Waals surface area contributed by atoms with Gasteiger partial charge in [0.05, 0.1) is 16.2 Å². The van der Waals surface area contributed by atoms with E-state index in [1.807, 2.05) is 0 Å². The lowest BCUT2D eigenvalue weighted by Crippen LogP contribution is -2.35. The average molecular weight is 444 g/mol. The number of carbonyl (C=O) groups is 1. The summed E-state index contributed by atoms with van der Waals surface area (Å²) in [4.78, 5) is 18.7. The summed E-state index contributed by atoms with van der Waals surface area (Å²) in [5.41, 5.74) is 0.192. The molecule has 1 aromatic carbocycles. The molecular formula is C19H19F3N2O5S. The molecule has 1 aliphatic carbocycles. The molecule has 0 N–H and O–H groups in total. The summed E-state index contributed by atoms with van der Waals surface area (Å²) in [6.45, 7) is 1.53. The normalized spacial score (nSPS) is 24.4. The highest BCUT2D eigenvalue weighted by Crippen LogP contribution is 2.58. The SMILES string of the molecule is CC(Oc1ccc(S(C)(=O)=O)cc1C(=O)N1CC2CC2(c2cocn2)C1)C(F)(F)F. The van der Waals surface area contributed by atoms with Crippen molar-refractivity contribution >= 4 is 15.7 Å². The van der Waals surface area contributed by atoms with E-state index in [9.17, 15) is 26.4 Å². The van der Waals surface area contributed by atoms with Crippen LogP contribution in [0.4, 0.5) is 13.2 Å². The van der Waals surface area contributed by atoms with E-state index in [0.717, 1.165) is 43.5 Å². The van der Waals surface area contributed by atoms with Gasteiger partial charge in [-0.2, -0.15) is 13.2 Å². The number of halogens is 3. The number of piperidine rings is 1. The first-order valence-electron chi connectivity index (χ1n) is 9.17. The number of sulfone groups is 1. The number of oxazole rings is 1. The number of aromatic nitrogens is 1. The Morgan fingerprint density at radius 2 is 2.13 bits per heavy atom. The van der Waals surface area contributed by atoms with E-state index >= 15 is 0 Å². The van der Waals surface area contributed by atoms with Gasteiger partial charge in [-0.05, 0) is 37.5 Å². The highest BCUT2D eigenvalue weighted by molar-refractivity contribution is 7.90. The van der Waals surface area contributed by atoms with Crippen LogP contribution < -0.4 is 4.74 Å². The second-order valence-electron chi connectivity index (χ2n) is 7.85. The summed E-state index contributed by atoms with van der Waals surface area (Å²) in [6.07, 6.45) is -2.17. The third kappa shape index (κ3) is 3.55. The maximum atomic E-state index is 13.2. The largest absolute Gasteiger partial charge is 0.480 e. The Kier molecular flexibility index (Phi) is 4.64. The van der Waals surface area contributed by atoms with Crippen molar-refractivity contribution in [3.8, 4) is 5.75 Å². The van der Waals surface area contributed by atoms with Gasteiger partial charge in [-0.1, -0.05) is 0 Å². The minimum absolute atomic E-state index is 0.170. The summed E-state index contributed by atoms with van der Waals surface area (Å²) in [7, 11) is -3.68. The molecule has 1 saturated heterocycles. The molecule has 2 heterocycles. The number of fused-ring (bicyclic) bond motifs is 1. The van der Waals surface area contributed by atoms with Crippen LogP contribution in [0, 0.1) is 5.92 Å². The standard InChI is InChI=1S/C19H19F3N2O5S/c1-11(19(20,21)22)29-15-4-3-13(30(2,26)27)5-14(15)17(25)24-7-12-6-18(12,9-24)16-8-28-10-23-16/h3-5,8,10-12H,6-7,9H2,1-2H3. The summed E-state index contributed by atoms with van der Waals surface area (Å²) in [5.74, 6) is -0.726. The van der Waals surface area contributed by atoms with Crippen molar-refractivity contribution in [2.75, 3.05) is 19.3 Å². The van der Waals surface area contributed by atoms with Crippen LogP contribution >= 0.6 is 0 Å².